The number of carboxylic acids is 8. The molecule has 0 spiro atoms. The van der Waals surface area contributed by atoms with E-state index < -0.39 is 100 Å². The van der Waals surface area contributed by atoms with Crippen molar-refractivity contribution in [3.63, 3.8) is 0 Å². The molecule has 0 unspecified atom stereocenters. The number of H-pyrrole nitrogens is 2. The second kappa shape index (κ2) is 40.3. The van der Waals surface area contributed by atoms with E-state index in [0.29, 0.717) is 63.0 Å². The Morgan fingerprint density at radius 3 is 0.910 bits per heavy atom. The first-order chi connectivity index (χ1) is 47.4. The van der Waals surface area contributed by atoms with Crippen molar-refractivity contribution in [3.05, 3.63) is 69.3 Å². The summed E-state index contributed by atoms with van der Waals surface area (Å²) < 4.78 is 0. The van der Waals surface area contributed by atoms with Gasteiger partial charge in [0.2, 0.25) is 11.8 Å². The van der Waals surface area contributed by atoms with Crippen LogP contribution in [-0.2, 0) is 60.8 Å². The molecule has 550 valence electrons. The number of carboxylic acid groups (broad SMARTS) is 8. The molecule has 0 radical (unpaired) electrons. The Labute approximate surface area is 582 Å². The van der Waals surface area contributed by atoms with Crippen LogP contribution in [0.4, 0.5) is 0 Å². The Balaban J connectivity index is 1.50. The highest BCUT2D eigenvalue weighted by molar-refractivity contribution is 5.96. The Hall–Kier alpha value is -8.94. The van der Waals surface area contributed by atoms with Crippen molar-refractivity contribution in [2.45, 2.75) is 120 Å². The van der Waals surface area contributed by atoms with E-state index >= 15 is 0 Å². The fourth-order valence-corrected chi connectivity index (χ4v) is 12.7. The Kier molecular flexibility index (Phi) is 33.0. The number of fused-ring (bicyclic) bond motifs is 8. The van der Waals surface area contributed by atoms with E-state index in [1.54, 1.807) is 9.80 Å². The summed E-state index contributed by atoms with van der Waals surface area (Å²) >= 11 is 0. The number of aromatic amines is 2. The first-order valence-electron chi connectivity index (χ1n) is 34.2. The molecule has 3 aromatic rings. The normalized spacial score (nSPS) is 12.5. The van der Waals surface area contributed by atoms with Gasteiger partial charge in [0, 0.05) is 101 Å². The second-order valence-corrected chi connectivity index (χ2v) is 25.6. The number of amides is 2. The van der Waals surface area contributed by atoms with Gasteiger partial charge in [-0.15, -0.1) is 0 Å². The van der Waals surface area contributed by atoms with E-state index in [9.17, 15) is 88.8 Å². The average molecular weight is 1400 g/mol. The van der Waals surface area contributed by atoms with E-state index in [2.05, 4.69) is 55.9 Å². The van der Waals surface area contributed by atoms with Crippen LogP contribution in [-0.4, -0.2) is 304 Å². The molecule has 8 bridgehead atoms. The molecular weight excluding hydrogens is 1300 g/mol. The Morgan fingerprint density at radius 1 is 0.330 bits per heavy atom. The zero-order chi connectivity index (χ0) is 73.9. The molecule has 0 aromatic carbocycles. The molecule has 2 aliphatic heterocycles. The minimum absolute atomic E-state index is 0.0278. The lowest BCUT2D eigenvalue weighted by atomic mass is 9.98. The molecule has 10 N–H and O–H groups in total. The highest BCUT2D eigenvalue weighted by Gasteiger charge is 2.28. The number of carbonyl (C=O) groups is 10. The van der Waals surface area contributed by atoms with Crippen molar-refractivity contribution >= 4 is 104 Å². The van der Waals surface area contributed by atoms with Gasteiger partial charge in [-0.05, 0) is 148 Å². The molecule has 2 amide bonds. The summed E-state index contributed by atoms with van der Waals surface area (Å²) in [6.45, 7) is 12.2. The smallest absolute Gasteiger partial charge is 0.317 e. The Morgan fingerprint density at radius 2 is 0.600 bits per heavy atom. The number of carbonyl (C=O) groups excluding carboxylic acids is 2. The zero-order valence-corrected chi connectivity index (χ0v) is 59.1. The maximum Gasteiger partial charge on any atom is 0.317 e. The molecule has 0 saturated carbocycles. The number of hydrogen-bond donors (Lipinski definition) is 10. The summed E-state index contributed by atoms with van der Waals surface area (Å²) in [6, 6.07) is 8.28. The number of unbranched alkanes of at least 4 members (excludes halogenated alkanes) is 2. The fourth-order valence-electron chi connectivity index (χ4n) is 12.7. The third-order valence-corrected chi connectivity index (χ3v) is 18.0. The van der Waals surface area contributed by atoms with Crippen LogP contribution in [0.15, 0.2) is 24.3 Å². The lowest BCUT2D eigenvalue weighted by molar-refractivity contribution is -0.144. The maximum absolute atomic E-state index is 14.4. The van der Waals surface area contributed by atoms with E-state index in [-0.39, 0.29) is 90.4 Å². The van der Waals surface area contributed by atoms with Crippen LogP contribution < -0.4 is 0 Å². The van der Waals surface area contributed by atoms with Crippen LogP contribution in [0.25, 0.3) is 44.4 Å². The van der Waals surface area contributed by atoms with Gasteiger partial charge in [0.05, 0.1) is 88.2 Å². The molecule has 0 saturated heterocycles. The number of nitrogens with zero attached hydrogens (tertiary/aromatic N) is 10. The average Bonchev–Trinajstić information content (AvgIpc) is 1.62. The molecule has 3 aromatic heterocycles. The van der Waals surface area contributed by atoms with Crippen LogP contribution >= 0.6 is 0 Å². The van der Waals surface area contributed by atoms with Crippen LogP contribution in [0, 0.1) is 13.8 Å². The van der Waals surface area contributed by atoms with E-state index in [1.807, 2.05) is 33.8 Å². The molecule has 2 aliphatic rings. The Bertz CT molecular complexity index is 3620. The molecule has 5 heterocycles. The van der Waals surface area contributed by atoms with Gasteiger partial charge in [-0.3, -0.25) is 77.3 Å². The number of allylic oxidation sites excluding steroid dienone is 4. The molecule has 30 heteroatoms. The van der Waals surface area contributed by atoms with Crippen LogP contribution in [0.5, 0.6) is 0 Å². The zero-order valence-electron chi connectivity index (χ0n) is 59.1. The maximum atomic E-state index is 14.4. The molecular formula is C70H102N12O18. The summed E-state index contributed by atoms with van der Waals surface area (Å²) in [6.07, 6.45) is 6.17. The van der Waals surface area contributed by atoms with Crippen molar-refractivity contribution in [3.8, 4) is 0 Å². The van der Waals surface area contributed by atoms with Crippen molar-refractivity contribution in [2.24, 2.45) is 0 Å². The summed E-state index contributed by atoms with van der Waals surface area (Å²) in [5, 5.41) is 76.9. The number of hydrogen-bond acceptors (Lipinski definition) is 18. The van der Waals surface area contributed by atoms with E-state index in [1.165, 1.54) is 19.6 Å². The van der Waals surface area contributed by atoms with Crippen molar-refractivity contribution in [2.75, 3.05) is 144 Å². The monoisotopic (exact) mass is 1400 g/mol. The predicted octanol–water partition coefficient (Wildman–Crippen LogP) is 5.22. The first-order valence-corrected chi connectivity index (χ1v) is 34.2. The van der Waals surface area contributed by atoms with Crippen molar-refractivity contribution < 1.29 is 88.8 Å². The quantitative estimate of drug-likeness (QED) is 0.0346. The number of rotatable bonds is 48. The van der Waals surface area contributed by atoms with Crippen molar-refractivity contribution in [1.82, 2.24) is 59.1 Å². The van der Waals surface area contributed by atoms with Crippen LogP contribution in [0.3, 0.4) is 0 Å². The van der Waals surface area contributed by atoms with Crippen molar-refractivity contribution in [1.29, 1.82) is 0 Å². The van der Waals surface area contributed by atoms with Gasteiger partial charge in [0.1, 0.15) is 0 Å². The minimum atomic E-state index is -1.27. The summed E-state index contributed by atoms with van der Waals surface area (Å²) in [5.41, 5.74) is 14.6. The largest absolute Gasteiger partial charge is 0.480 e. The van der Waals surface area contributed by atoms with Gasteiger partial charge < -0.3 is 60.6 Å². The highest BCUT2D eigenvalue weighted by atomic mass is 16.4. The summed E-state index contributed by atoms with van der Waals surface area (Å²) in [7, 11) is 0. The lowest BCUT2D eigenvalue weighted by Crippen LogP contribution is -2.47. The fraction of sp³-hybridized carbons (Fsp3) is 0.571. The SMILES string of the molecule is CCCCN(CCCC1=C(C)c2cc3[nH]c(cc4[nH]c(cc5nc(cc1n2)C(CCCN(CCCC)C(=O)CN(CCN(CCN(CC(=O)O)CC(=O)O)CC(=O)O)CC(=O)O)=C5C)c(CC)c4C)c(CC)c3C)C(=O)CN(CCN(CCN(CC(=O)O)CC(=O)O)CC(=O)O)CC(=O)O. The molecule has 0 atom stereocenters. The predicted molar refractivity (Wildman–Crippen MR) is 375 cm³/mol. The van der Waals surface area contributed by atoms with Gasteiger partial charge >= 0.3 is 47.8 Å². The standard InChI is InChI=1S/C70H102N12O18/c1-9-13-19-81(61(83)35-77(39-65(89)90)27-23-75(37-63(85)86)25-29-79(41-67(93)94)42-68(95)96)21-15-17-51-47(7)54-31-53-45(5)49(11-3)57(71-53)32-55-46(6)50(12-4)58(72-55)33-56-48(8)52(60(74-56)34-59(51)73-54)18-16-22-82(20-14-10-2)62(84)36-78(40-66(91)92)28-24-76(38-64(87)88)26-30-80(43-69(97)98)44-70(99)100/h31-34,71-72H,9-30,35-44H2,1-8H3,(H,85,86)(H,87,88)(H,89,90)(H,91,92)(H,93,94)(H,95,96)(H,97,98)(H,99,100). The molecule has 30 nitrogen and oxygen atoms in total. The molecule has 5 rings (SSSR count). The lowest BCUT2D eigenvalue weighted by Gasteiger charge is -2.29. The number of aliphatic carboxylic acids is 8. The molecule has 0 fully saturated rings. The van der Waals surface area contributed by atoms with Gasteiger partial charge in [0.15, 0.2) is 0 Å². The summed E-state index contributed by atoms with van der Waals surface area (Å²) in [4.78, 5) is 153. The van der Waals surface area contributed by atoms with E-state index in [4.69, 9.17) is 9.97 Å². The topological polar surface area (TPSA) is 416 Å². The third kappa shape index (κ3) is 26.0. The number of aryl methyl sites for hydroxylation is 4. The first kappa shape index (κ1) is 81.7. The highest BCUT2D eigenvalue weighted by Crippen LogP contribution is 2.38. The van der Waals surface area contributed by atoms with Crippen LogP contribution in [0.2, 0.25) is 0 Å². The second-order valence-electron chi connectivity index (χ2n) is 25.6. The third-order valence-electron chi connectivity index (χ3n) is 18.0. The van der Waals surface area contributed by atoms with Crippen LogP contribution in [0.1, 0.15) is 138 Å². The van der Waals surface area contributed by atoms with Gasteiger partial charge in [-0.1, -0.05) is 40.5 Å². The minimum Gasteiger partial charge on any atom is -0.480 e. The van der Waals surface area contributed by atoms with Gasteiger partial charge in [-0.25, -0.2) is 9.97 Å². The molecule has 0 aliphatic carbocycles. The van der Waals surface area contributed by atoms with E-state index in [0.717, 1.165) is 113 Å². The number of aromatic nitrogens is 4. The van der Waals surface area contributed by atoms with Gasteiger partial charge in [-0.2, -0.15) is 0 Å². The van der Waals surface area contributed by atoms with Gasteiger partial charge in [0.25, 0.3) is 0 Å². The number of nitrogens with one attached hydrogen (secondary N) is 2. The summed E-state index contributed by atoms with van der Waals surface area (Å²) in [5.74, 6) is -10.6. The molecule has 100 heavy (non-hydrogen) atoms.